The van der Waals surface area contributed by atoms with E-state index in [1.54, 1.807) is 12.1 Å². The van der Waals surface area contributed by atoms with Gasteiger partial charge < -0.3 is 9.47 Å². The van der Waals surface area contributed by atoms with E-state index in [0.717, 1.165) is 16.6 Å². The highest BCUT2D eigenvalue weighted by Gasteiger charge is 2.38. The van der Waals surface area contributed by atoms with Gasteiger partial charge >= 0.3 is 5.97 Å². The number of halogens is 1. The van der Waals surface area contributed by atoms with Gasteiger partial charge in [0, 0.05) is 4.43 Å². The number of benzene rings is 1. The van der Waals surface area contributed by atoms with Crippen LogP contribution in [0.5, 0.6) is 11.5 Å². The Labute approximate surface area is 154 Å². The van der Waals surface area contributed by atoms with Gasteiger partial charge in [-0.15, -0.1) is 0 Å². The second-order valence-corrected chi connectivity index (χ2v) is 9.27. The van der Waals surface area contributed by atoms with Gasteiger partial charge in [-0.25, -0.2) is 0 Å². The van der Waals surface area contributed by atoms with E-state index >= 15 is 0 Å². The molecule has 130 valence electrons. The molecule has 23 heavy (non-hydrogen) atoms. The molecule has 0 saturated heterocycles. The summed E-state index contributed by atoms with van der Waals surface area (Å²) >= 11 is 2.26. The van der Waals surface area contributed by atoms with Crippen LogP contribution in [0.25, 0.3) is 0 Å². The van der Waals surface area contributed by atoms with Crippen molar-refractivity contribution < 1.29 is 14.3 Å². The Hall–Kier alpha value is -0.780. The number of rotatable bonds is 5. The molecule has 0 amide bonds. The summed E-state index contributed by atoms with van der Waals surface area (Å²) in [7, 11) is 0. The summed E-state index contributed by atoms with van der Waals surface area (Å²) < 4.78 is 12.1. The molecule has 1 atom stereocenters. The van der Waals surface area contributed by atoms with Gasteiger partial charge in [-0.1, -0.05) is 43.4 Å². The van der Waals surface area contributed by atoms with Crippen LogP contribution in [0.4, 0.5) is 0 Å². The lowest BCUT2D eigenvalue weighted by Crippen LogP contribution is -2.37. The molecule has 1 aromatic carbocycles. The molecule has 0 aromatic heterocycles. The van der Waals surface area contributed by atoms with Crippen molar-refractivity contribution in [1.29, 1.82) is 0 Å². The molecule has 0 fully saturated rings. The topological polar surface area (TPSA) is 35.5 Å². The van der Waals surface area contributed by atoms with Crippen LogP contribution in [0, 0.1) is 10.8 Å². The van der Waals surface area contributed by atoms with Crippen molar-refractivity contribution in [3.05, 3.63) is 24.3 Å². The molecule has 0 aliphatic heterocycles. The zero-order valence-corrected chi connectivity index (χ0v) is 17.5. The highest BCUT2D eigenvalue weighted by atomic mass is 127. The van der Waals surface area contributed by atoms with Crippen molar-refractivity contribution in [1.82, 2.24) is 0 Å². The lowest BCUT2D eigenvalue weighted by atomic mass is 9.76. The van der Waals surface area contributed by atoms with E-state index in [1.165, 1.54) is 0 Å². The van der Waals surface area contributed by atoms with Gasteiger partial charge in [0.05, 0.1) is 5.41 Å². The third-order valence-electron chi connectivity index (χ3n) is 3.17. The van der Waals surface area contributed by atoms with Crippen molar-refractivity contribution in [2.24, 2.45) is 10.8 Å². The first-order chi connectivity index (χ1) is 10.3. The molecular formula is C19H29IO3. The number of alkyl halides is 1. The predicted molar refractivity (Wildman–Crippen MR) is 104 cm³/mol. The maximum atomic E-state index is 12.6. The molecular weight excluding hydrogens is 403 g/mol. The van der Waals surface area contributed by atoms with Gasteiger partial charge in [0.2, 0.25) is 0 Å². The lowest BCUT2D eigenvalue weighted by Gasteiger charge is -2.32. The van der Waals surface area contributed by atoms with Crippen molar-refractivity contribution in [2.75, 3.05) is 4.43 Å². The van der Waals surface area contributed by atoms with Crippen LogP contribution in [-0.2, 0) is 4.79 Å². The number of ether oxygens (including phenoxy) is 2. The standard InChI is InChI=1S/C19H29IO3/c1-17(2,3)12-19(7,13-20)16(21)22-14-8-10-15(11-9-14)23-18(4,5)6/h8-11H,12-13H2,1-7H3. The third kappa shape index (κ3) is 7.10. The quantitative estimate of drug-likeness (QED) is 0.261. The smallest absolute Gasteiger partial charge is 0.317 e. The van der Waals surface area contributed by atoms with Gasteiger partial charge in [0.15, 0.2) is 0 Å². The number of carbonyl (C=O) groups is 1. The van der Waals surface area contributed by atoms with Gasteiger partial charge in [-0.2, -0.15) is 0 Å². The molecule has 0 radical (unpaired) electrons. The first kappa shape index (κ1) is 20.3. The van der Waals surface area contributed by atoms with Gasteiger partial charge in [-0.05, 0) is 63.8 Å². The summed E-state index contributed by atoms with van der Waals surface area (Å²) in [5.74, 6) is 1.15. The normalized spacial score (nSPS) is 15.0. The van der Waals surface area contributed by atoms with E-state index in [0.29, 0.717) is 5.75 Å². The monoisotopic (exact) mass is 432 g/mol. The molecule has 0 N–H and O–H groups in total. The van der Waals surface area contributed by atoms with E-state index < -0.39 is 5.41 Å². The maximum Gasteiger partial charge on any atom is 0.317 e. The van der Waals surface area contributed by atoms with E-state index in [9.17, 15) is 4.79 Å². The van der Waals surface area contributed by atoms with E-state index in [2.05, 4.69) is 43.4 Å². The minimum atomic E-state index is -0.487. The van der Waals surface area contributed by atoms with Gasteiger partial charge in [0.1, 0.15) is 17.1 Å². The largest absolute Gasteiger partial charge is 0.488 e. The van der Waals surface area contributed by atoms with Crippen LogP contribution in [0.15, 0.2) is 24.3 Å². The van der Waals surface area contributed by atoms with Crippen LogP contribution in [0.3, 0.4) is 0 Å². The Morgan fingerprint density at radius 1 is 0.957 bits per heavy atom. The van der Waals surface area contributed by atoms with Crippen molar-refractivity contribution in [3.63, 3.8) is 0 Å². The lowest BCUT2D eigenvalue weighted by molar-refractivity contribution is -0.145. The predicted octanol–water partition coefficient (Wildman–Crippen LogP) is 5.65. The molecule has 0 heterocycles. The molecule has 1 rings (SSSR count). The average Bonchev–Trinajstić information content (AvgIpc) is 2.37. The molecule has 0 spiro atoms. The fraction of sp³-hybridized carbons (Fsp3) is 0.632. The second-order valence-electron chi connectivity index (χ2n) is 8.51. The molecule has 0 aliphatic rings. The summed E-state index contributed by atoms with van der Waals surface area (Å²) in [6, 6.07) is 7.23. The Bertz CT molecular complexity index is 523. The number of esters is 1. The van der Waals surface area contributed by atoms with Crippen molar-refractivity contribution in [3.8, 4) is 11.5 Å². The summed E-state index contributed by atoms with van der Waals surface area (Å²) in [5.41, 5.74) is -0.659. The Kier molecular flexibility index (Phi) is 6.53. The highest BCUT2D eigenvalue weighted by Crippen LogP contribution is 2.36. The van der Waals surface area contributed by atoms with Gasteiger partial charge in [-0.3, -0.25) is 4.79 Å². The molecule has 4 heteroatoms. The second kappa shape index (κ2) is 7.41. The summed E-state index contributed by atoms with van der Waals surface area (Å²) in [4.78, 5) is 12.6. The van der Waals surface area contributed by atoms with Crippen LogP contribution >= 0.6 is 22.6 Å². The highest BCUT2D eigenvalue weighted by molar-refractivity contribution is 14.1. The SMILES string of the molecule is CC(C)(C)CC(C)(CI)C(=O)Oc1ccc(OC(C)(C)C)cc1. The van der Waals surface area contributed by atoms with E-state index in [4.69, 9.17) is 9.47 Å². The molecule has 0 saturated carbocycles. The zero-order valence-electron chi connectivity index (χ0n) is 15.3. The van der Waals surface area contributed by atoms with Crippen molar-refractivity contribution in [2.45, 2.75) is 60.5 Å². The minimum absolute atomic E-state index is 0.0728. The average molecular weight is 432 g/mol. The molecule has 3 nitrogen and oxygen atoms in total. The molecule has 1 aromatic rings. The minimum Gasteiger partial charge on any atom is -0.488 e. The summed E-state index contributed by atoms with van der Waals surface area (Å²) in [6.45, 7) is 14.4. The number of carbonyl (C=O) groups excluding carboxylic acids is 1. The summed E-state index contributed by atoms with van der Waals surface area (Å²) in [6.07, 6.45) is 0.785. The molecule has 0 aliphatic carbocycles. The number of hydrogen-bond donors (Lipinski definition) is 0. The summed E-state index contributed by atoms with van der Waals surface area (Å²) in [5, 5.41) is 0. The van der Waals surface area contributed by atoms with Crippen LogP contribution in [0.1, 0.15) is 54.9 Å². The van der Waals surface area contributed by atoms with Crippen molar-refractivity contribution >= 4 is 28.6 Å². The zero-order chi connectivity index (χ0) is 17.9. The van der Waals surface area contributed by atoms with E-state index in [-0.39, 0.29) is 17.0 Å². The Morgan fingerprint density at radius 2 is 1.43 bits per heavy atom. The van der Waals surface area contributed by atoms with Crippen LogP contribution in [-0.4, -0.2) is 16.0 Å². The third-order valence-corrected chi connectivity index (χ3v) is 4.85. The molecule has 0 bridgehead atoms. The Morgan fingerprint density at radius 3 is 1.83 bits per heavy atom. The van der Waals surface area contributed by atoms with Crippen LogP contribution in [0.2, 0.25) is 0 Å². The first-order valence-electron chi connectivity index (χ1n) is 7.92. The fourth-order valence-corrected chi connectivity index (χ4v) is 3.09. The Balaban J connectivity index is 2.80. The fourth-order valence-electron chi connectivity index (χ4n) is 2.50. The van der Waals surface area contributed by atoms with Crippen LogP contribution < -0.4 is 9.47 Å². The number of hydrogen-bond acceptors (Lipinski definition) is 3. The van der Waals surface area contributed by atoms with E-state index in [1.807, 2.05) is 39.8 Å². The molecule has 1 unspecified atom stereocenters. The first-order valence-corrected chi connectivity index (χ1v) is 9.45. The van der Waals surface area contributed by atoms with Gasteiger partial charge in [0.25, 0.3) is 0 Å². The maximum absolute atomic E-state index is 12.6.